The van der Waals surface area contributed by atoms with Crippen molar-refractivity contribution in [1.82, 2.24) is 14.8 Å². The first-order chi connectivity index (χ1) is 15.7. The first-order valence-electron chi connectivity index (χ1n) is 10.5. The van der Waals surface area contributed by atoms with Crippen molar-refractivity contribution in [3.8, 4) is 16.9 Å². The summed E-state index contributed by atoms with van der Waals surface area (Å²) in [4.78, 5) is 31.6. The smallest absolute Gasteiger partial charge is 0.259 e. The molecule has 4 aromatic rings. The Hall–Kier alpha value is -4.26. The van der Waals surface area contributed by atoms with E-state index in [-0.39, 0.29) is 11.8 Å². The van der Waals surface area contributed by atoms with E-state index in [1.807, 2.05) is 66.7 Å². The van der Waals surface area contributed by atoms with Crippen molar-refractivity contribution in [2.24, 2.45) is 0 Å². The molecule has 7 nitrogen and oxygen atoms in total. The fourth-order valence-electron chi connectivity index (χ4n) is 3.88. The molecule has 0 unspecified atom stereocenters. The van der Waals surface area contributed by atoms with Crippen LogP contribution in [0.3, 0.4) is 0 Å². The van der Waals surface area contributed by atoms with Gasteiger partial charge in [-0.25, -0.2) is 4.68 Å². The normalized spacial score (nSPS) is 13.4. The summed E-state index contributed by atoms with van der Waals surface area (Å²) in [6.45, 7) is 0.651. The Balaban J connectivity index is 1.53. The summed E-state index contributed by atoms with van der Waals surface area (Å²) in [6, 6.07) is 20.7. The van der Waals surface area contributed by atoms with Crippen LogP contribution in [0.5, 0.6) is 0 Å². The van der Waals surface area contributed by atoms with Crippen LogP contribution in [0, 0.1) is 0 Å². The highest BCUT2D eigenvalue weighted by atomic mass is 16.2. The minimum absolute atomic E-state index is 0.0691. The molecule has 1 N–H and O–H groups in total. The van der Waals surface area contributed by atoms with Gasteiger partial charge in [0.1, 0.15) is 5.69 Å². The number of amides is 2. The first kappa shape index (κ1) is 19.7. The second kappa shape index (κ2) is 8.47. The van der Waals surface area contributed by atoms with Gasteiger partial charge >= 0.3 is 0 Å². The lowest BCUT2D eigenvalue weighted by Gasteiger charge is -2.19. The minimum atomic E-state index is -0.301. The van der Waals surface area contributed by atoms with E-state index in [0.717, 1.165) is 17.7 Å². The standard InChI is InChI=1S/C25H21N5O2/c31-23-13-7-15-29(23)22-12-5-4-11-21(22)27-25(32)20-17-30(19-9-2-1-3-10-19)28-24(20)18-8-6-14-26-16-18/h1-6,8-12,14,16-17H,7,13,15H2,(H,27,32). The Morgan fingerprint density at radius 1 is 0.969 bits per heavy atom. The van der Waals surface area contributed by atoms with Gasteiger partial charge in [-0.1, -0.05) is 30.3 Å². The third-order valence-electron chi connectivity index (χ3n) is 5.43. The highest BCUT2D eigenvalue weighted by Gasteiger charge is 2.25. The molecular formula is C25H21N5O2. The fraction of sp³-hybridized carbons (Fsp3) is 0.120. The van der Waals surface area contributed by atoms with Gasteiger partial charge in [-0.2, -0.15) is 5.10 Å². The molecule has 1 aliphatic rings. The summed E-state index contributed by atoms with van der Waals surface area (Å²) >= 11 is 0. The molecule has 1 saturated heterocycles. The van der Waals surface area contributed by atoms with Crippen LogP contribution >= 0.6 is 0 Å². The quantitative estimate of drug-likeness (QED) is 0.519. The Morgan fingerprint density at radius 3 is 2.53 bits per heavy atom. The first-order valence-corrected chi connectivity index (χ1v) is 10.5. The number of carbonyl (C=O) groups is 2. The van der Waals surface area contributed by atoms with Crippen molar-refractivity contribution in [3.63, 3.8) is 0 Å². The van der Waals surface area contributed by atoms with Gasteiger partial charge in [0, 0.05) is 37.1 Å². The molecule has 0 saturated carbocycles. The van der Waals surface area contributed by atoms with Crippen LogP contribution in [-0.2, 0) is 4.79 Å². The van der Waals surface area contributed by atoms with Gasteiger partial charge in [0.05, 0.1) is 22.6 Å². The molecule has 0 aliphatic carbocycles. The number of pyridine rings is 1. The maximum absolute atomic E-state index is 13.4. The number of nitrogens with one attached hydrogen (secondary N) is 1. The average Bonchev–Trinajstić information content (AvgIpc) is 3.47. The molecule has 2 amide bonds. The number of para-hydroxylation sites is 3. The monoisotopic (exact) mass is 423 g/mol. The molecule has 0 bridgehead atoms. The lowest BCUT2D eigenvalue weighted by atomic mass is 10.1. The van der Waals surface area contributed by atoms with E-state index in [1.165, 1.54) is 0 Å². The number of rotatable bonds is 5. The molecule has 1 fully saturated rings. The Morgan fingerprint density at radius 2 is 1.78 bits per heavy atom. The molecule has 0 radical (unpaired) electrons. The molecule has 3 heterocycles. The number of carbonyl (C=O) groups excluding carboxylic acids is 2. The molecule has 32 heavy (non-hydrogen) atoms. The third kappa shape index (κ3) is 3.76. The molecule has 7 heteroatoms. The van der Waals surface area contributed by atoms with Crippen LogP contribution in [0.4, 0.5) is 11.4 Å². The van der Waals surface area contributed by atoms with E-state index >= 15 is 0 Å². The molecule has 5 rings (SSSR count). The van der Waals surface area contributed by atoms with Crippen LogP contribution in [0.25, 0.3) is 16.9 Å². The van der Waals surface area contributed by atoms with Crippen LogP contribution in [0.1, 0.15) is 23.2 Å². The van der Waals surface area contributed by atoms with Crippen LogP contribution in [0.15, 0.2) is 85.3 Å². The highest BCUT2D eigenvalue weighted by Crippen LogP contribution is 2.31. The van der Waals surface area contributed by atoms with E-state index in [1.54, 1.807) is 28.2 Å². The second-order valence-corrected chi connectivity index (χ2v) is 7.53. The Kier molecular flexibility index (Phi) is 5.21. The van der Waals surface area contributed by atoms with Crippen molar-refractivity contribution in [2.75, 3.05) is 16.8 Å². The lowest BCUT2D eigenvalue weighted by molar-refractivity contribution is -0.117. The maximum atomic E-state index is 13.4. The molecule has 2 aromatic heterocycles. The summed E-state index contributed by atoms with van der Waals surface area (Å²) in [5, 5.41) is 7.67. The molecule has 0 atom stereocenters. The van der Waals surface area contributed by atoms with Gasteiger partial charge in [0.15, 0.2) is 0 Å². The number of anilines is 2. The van der Waals surface area contributed by atoms with Crippen molar-refractivity contribution in [1.29, 1.82) is 0 Å². The van der Waals surface area contributed by atoms with Crippen LogP contribution in [0.2, 0.25) is 0 Å². The van der Waals surface area contributed by atoms with Gasteiger partial charge in [-0.3, -0.25) is 14.6 Å². The predicted molar refractivity (Wildman–Crippen MR) is 123 cm³/mol. The molecular weight excluding hydrogens is 402 g/mol. The summed E-state index contributed by atoms with van der Waals surface area (Å²) in [5.74, 6) is -0.232. The van der Waals surface area contributed by atoms with E-state index in [4.69, 9.17) is 0 Å². The second-order valence-electron chi connectivity index (χ2n) is 7.53. The zero-order chi connectivity index (χ0) is 21.9. The Bertz CT molecular complexity index is 1270. The average molecular weight is 423 g/mol. The minimum Gasteiger partial charge on any atom is -0.320 e. The van der Waals surface area contributed by atoms with Gasteiger partial charge < -0.3 is 10.2 Å². The lowest BCUT2D eigenvalue weighted by Crippen LogP contribution is -2.25. The maximum Gasteiger partial charge on any atom is 0.259 e. The highest BCUT2D eigenvalue weighted by molar-refractivity contribution is 6.10. The third-order valence-corrected chi connectivity index (χ3v) is 5.43. The molecule has 1 aliphatic heterocycles. The largest absolute Gasteiger partial charge is 0.320 e. The molecule has 2 aromatic carbocycles. The SMILES string of the molecule is O=C(Nc1ccccc1N1CCCC1=O)c1cn(-c2ccccc2)nc1-c1cccnc1. The van der Waals surface area contributed by atoms with Crippen molar-refractivity contribution >= 4 is 23.2 Å². The topological polar surface area (TPSA) is 80.1 Å². The molecule has 0 spiro atoms. The van der Waals surface area contributed by atoms with Gasteiger partial charge in [-0.15, -0.1) is 0 Å². The van der Waals surface area contributed by atoms with Crippen LogP contribution < -0.4 is 10.2 Å². The number of benzene rings is 2. The van der Waals surface area contributed by atoms with Gasteiger partial charge in [0.2, 0.25) is 5.91 Å². The zero-order valence-electron chi connectivity index (χ0n) is 17.3. The molecule has 158 valence electrons. The van der Waals surface area contributed by atoms with Crippen molar-refractivity contribution < 1.29 is 9.59 Å². The fourth-order valence-corrected chi connectivity index (χ4v) is 3.88. The summed E-state index contributed by atoms with van der Waals surface area (Å²) in [7, 11) is 0. The summed E-state index contributed by atoms with van der Waals surface area (Å²) < 4.78 is 1.69. The number of hydrogen-bond acceptors (Lipinski definition) is 4. The van der Waals surface area contributed by atoms with Crippen molar-refractivity contribution in [3.05, 3.63) is 90.9 Å². The number of hydrogen-bond donors (Lipinski definition) is 1. The van der Waals surface area contributed by atoms with E-state index < -0.39 is 0 Å². The van der Waals surface area contributed by atoms with E-state index in [0.29, 0.717) is 35.6 Å². The van der Waals surface area contributed by atoms with Crippen molar-refractivity contribution in [2.45, 2.75) is 12.8 Å². The Labute approximate surface area is 185 Å². The summed E-state index contributed by atoms with van der Waals surface area (Å²) in [5.41, 5.74) is 3.85. The van der Waals surface area contributed by atoms with Gasteiger partial charge in [0.25, 0.3) is 5.91 Å². The number of aromatic nitrogens is 3. The summed E-state index contributed by atoms with van der Waals surface area (Å²) in [6.07, 6.45) is 6.43. The van der Waals surface area contributed by atoms with Crippen LogP contribution in [-0.4, -0.2) is 33.1 Å². The predicted octanol–water partition coefficient (Wildman–Crippen LogP) is 4.31. The van der Waals surface area contributed by atoms with E-state index in [2.05, 4.69) is 15.4 Å². The van der Waals surface area contributed by atoms with E-state index in [9.17, 15) is 9.59 Å². The zero-order valence-corrected chi connectivity index (χ0v) is 17.3. The van der Waals surface area contributed by atoms with Gasteiger partial charge in [-0.05, 0) is 42.8 Å². The number of nitrogens with zero attached hydrogens (tertiary/aromatic N) is 4.